The number of anilines is 1. The second-order valence-corrected chi connectivity index (χ2v) is 7.99. The van der Waals surface area contributed by atoms with Gasteiger partial charge in [-0.05, 0) is 25.0 Å². The standard InChI is InChI=1S/C16H25N3O3S/c1-18(15-8-4-3-5-9-15)12-10-17-16(20)14-7-6-11-19(13-14)23(2,21)22/h3-5,8-9,14H,6-7,10-13H2,1-2H3,(H,17,20). The summed E-state index contributed by atoms with van der Waals surface area (Å²) in [5, 5.41) is 2.92. The monoisotopic (exact) mass is 339 g/mol. The minimum absolute atomic E-state index is 0.0557. The maximum atomic E-state index is 12.2. The molecule has 23 heavy (non-hydrogen) atoms. The number of carbonyl (C=O) groups is 1. The molecule has 6 nitrogen and oxygen atoms in total. The van der Waals surface area contributed by atoms with E-state index in [0.717, 1.165) is 18.5 Å². The molecule has 1 N–H and O–H groups in total. The van der Waals surface area contributed by atoms with Crippen LogP contribution in [0.2, 0.25) is 0 Å². The third kappa shape index (κ3) is 5.21. The molecule has 1 aromatic rings. The van der Waals surface area contributed by atoms with Gasteiger partial charge in [-0.1, -0.05) is 18.2 Å². The van der Waals surface area contributed by atoms with Crippen molar-refractivity contribution in [2.45, 2.75) is 12.8 Å². The molecule has 0 aliphatic carbocycles. The molecule has 1 heterocycles. The topological polar surface area (TPSA) is 69.7 Å². The Bertz CT molecular complexity index is 619. The molecule has 1 aromatic carbocycles. The second-order valence-electron chi connectivity index (χ2n) is 6.01. The van der Waals surface area contributed by atoms with Crippen LogP contribution in [0.4, 0.5) is 5.69 Å². The van der Waals surface area contributed by atoms with Crippen LogP contribution in [0, 0.1) is 5.92 Å². The number of benzene rings is 1. The Morgan fingerprint density at radius 1 is 1.35 bits per heavy atom. The lowest BCUT2D eigenvalue weighted by atomic mass is 9.99. The zero-order chi connectivity index (χ0) is 16.9. The number of rotatable bonds is 6. The number of piperidine rings is 1. The van der Waals surface area contributed by atoms with Crippen LogP contribution in [0.15, 0.2) is 30.3 Å². The average molecular weight is 339 g/mol. The van der Waals surface area contributed by atoms with Crippen LogP contribution in [0.3, 0.4) is 0 Å². The average Bonchev–Trinajstić information content (AvgIpc) is 2.54. The predicted molar refractivity (Wildman–Crippen MR) is 91.9 cm³/mol. The third-order valence-electron chi connectivity index (χ3n) is 4.17. The normalized spacial score (nSPS) is 19.3. The van der Waals surface area contributed by atoms with E-state index in [2.05, 4.69) is 10.2 Å². The van der Waals surface area contributed by atoms with Crippen LogP contribution in [0.25, 0.3) is 0 Å². The molecule has 1 amide bonds. The van der Waals surface area contributed by atoms with E-state index in [0.29, 0.717) is 26.2 Å². The number of nitrogens with one attached hydrogen (secondary N) is 1. The second kappa shape index (κ2) is 7.79. The summed E-state index contributed by atoms with van der Waals surface area (Å²) in [6.45, 7) is 2.05. The summed E-state index contributed by atoms with van der Waals surface area (Å²) in [6, 6.07) is 9.97. The third-order valence-corrected chi connectivity index (χ3v) is 5.44. The molecule has 128 valence electrons. The molecule has 1 aliphatic rings. The Hall–Kier alpha value is -1.60. The van der Waals surface area contributed by atoms with E-state index < -0.39 is 10.0 Å². The van der Waals surface area contributed by atoms with Gasteiger partial charge in [-0.25, -0.2) is 12.7 Å². The van der Waals surface area contributed by atoms with E-state index >= 15 is 0 Å². The van der Waals surface area contributed by atoms with Gasteiger partial charge in [-0.2, -0.15) is 0 Å². The van der Waals surface area contributed by atoms with Crippen molar-refractivity contribution in [2.24, 2.45) is 5.92 Å². The Morgan fingerprint density at radius 2 is 2.04 bits per heavy atom. The van der Waals surface area contributed by atoms with Gasteiger partial charge in [0.1, 0.15) is 0 Å². The largest absolute Gasteiger partial charge is 0.373 e. The van der Waals surface area contributed by atoms with Gasteiger partial charge in [0.2, 0.25) is 15.9 Å². The summed E-state index contributed by atoms with van der Waals surface area (Å²) in [5.41, 5.74) is 1.10. The molecule has 0 aromatic heterocycles. The van der Waals surface area contributed by atoms with Gasteiger partial charge in [0, 0.05) is 38.9 Å². The zero-order valence-electron chi connectivity index (χ0n) is 13.7. The smallest absolute Gasteiger partial charge is 0.224 e. The van der Waals surface area contributed by atoms with Crippen molar-refractivity contribution in [3.8, 4) is 0 Å². The molecular weight excluding hydrogens is 314 g/mol. The van der Waals surface area contributed by atoms with Gasteiger partial charge in [0.25, 0.3) is 0 Å². The van der Waals surface area contributed by atoms with Gasteiger partial charge in [-0.15, -0.1) is 0 Å². The SMILES string of the molecule is CN(CCNC(=O)C1CCCN(S(C)(=O)=O)C1)c1ccccc1. The van der Waals surface area contributed by atoms with Crippen LogP contribution in [-0.4, -0.2) is 58.1 Å². The number of hydrogen-bond acceptors (Lipinski definition) is 4. The molecule has 0 saturated carbocycles. The molecule has 0 spiro atoms. The first kappa shape index (κ1) is 17.7. The lowest BCUT2D eigenvalue weighted by Gasteiger charge is -2.30. The highest BCUT2D eigenvalue weighted by Crippen LogP contribution is 2.18. The lowest BCUT2D eigenvalue weighted by molar-refractivity contribution is -0.125. The molecule has 7 heteroatoms. The summed E-state index contributed by atoms with van der Waals surface area (Å²) >= 11 is 0. The minimum Gasteiger partial charge on any atom is -0.373 e. The van der Waals surface area contributed by atoms with Crippen molar-refractivity contribution in [2.75, 3.05) is 44.4 Å². The number of hydrogen-bond donors (Lipinski definition) is 1. The molecule has 1 unspecified atom stereocenters. The van der Waals surface area contributed by atoms with Gasteiger partial charge >= 0.3 is 0 Å². The quantitative estimate of drug-likeness (QED) is 0.836. The van der Waals surface area contributed by atoms with E-state index in [-0.39, 0.29) is 11.8 Å². The number of carbonyl (C=O) groups excluding carboxylic acids is 1. The van der Waals surface area contributed by atoms with Crippen LogP contribution < -0.4 is 10.2 Å². The van der Waals surface area contributed by atoms with Crippen molar-refractivity contribution < 1.29 is 13.2 Å². The maximum absolute atomic E-state index is 12.2. The number of amides is 1. The summed E-state index contributed by atoms with van der Waals surface area (Å²) in [6.07, 6.45) is 2.67. The highest BCUT2D eigenvalue weighted by atomic mass is 32.2. The van der Waals surface area contributed by atoms with Gasteiger partial charge in [0.05, 0.1) is 12.2 Å². The van der Waals surface area contributed by atoms with Crippen molar-refractivity contribution in [1.29, 1.82) is 0 Å². The number of nitrogens with zero attached hydrogens (tertiary/aromatic N) is 2. The fourth-order valence-corrected chi connectivity index (χ4v) is 3.67. The first-order valence-corrected chi connectivity index (χ1v) is 9.72. The zero-order valence-corrected chi connectivity index (χ0v) is 14.6. The van der Waals surface area contributed by atoms with E-state index in [1.54, 1.807) is 0 Å². The predicted octanol–water partition coefficient (Wildman–Crippen LogP) is 0.911. The Labute approximate surface area is 138 Å². The minimum atomic E-state index is -3.22. The molecule has 2 rings (SSSR count). The molecule has 1 fully saturated rings. The number of para-hydroxylation sites is 1. The summed E-state index contributed by atoms with van der Waals surface area (Å²) in [4.78, 5) is 14.3. The van der Waals surface area contributed by atoms with Gasteiger partial charge < -0.3 is 10.2 Å². The van der Waals surface area contributed by atoms with E-state index in [4.69, 9.17) is 0 Å². The van der Waals surface area contributed by atoms with E-state index in [1.165, 1.54) is 10.6 Å². The summed E-state index contributed by atoms with van der Waals surface area (Å²) < 4.78 is 24.6. The van der Waals surface area contributed by atoms with Crippen molar-refractivity contribution in [3.05, 3.63) is 30.3 Å². The van der Waals surface area contributed by atoms with Crippen LogP contribution in [0.1, 0.15) is 12.8 Å². The number of sulfonamides is 1. The van der Waals surface area contributed by atoms with Crippen LogP contribution in [-0.2, 0) is 14.8 Å². The fraction of sp³-hybridized carbons (Fsp3) is 0.562. The first-order valence-electron chi connectivity index (χ1n) is 7.87. The maximum Gasteiger partial charge on any atom is 0.224 e. The van der Waals surface area contributed by atoms with E-state index in [1.807, 2.05) is 37.4 Å². The van der Waals surface area contributed by atoms with Gasteiger partial charge in [0.15, 0.2) is 0 Å². The highest BCUT2D eigenvalue weighted by molar-refractivity contribution is 7.88. The summed E-state index contributed by atoms with van der Waals surface area (Å²) in [5.74, 6) is -0.305. The van der Waals surface area contributed by atoms with Crippen LogP contribution in [0.5, 0.6) is 0 Å². The fourth-order valence-electron chi connectivity index (χ4n) is 2.76. The molecular formula is C16H25N3O3S. The Morgan fingerprint density at radius 3 is 2.70 bits per heavy atom. The Kier molecular flexibility index (Phi) is 6.01. The molecule has 1 atom stereocenters. The molecule has 1 saturated heterocycles. The van der Waals surface area contributed by atoms with Crippen LogP contribution >= 0.6 is 0 Å². The Balaban J connectivity index is 1.78. The van der Waals surface area contributed by atoms with Crippen molar-refractivity contribution >= 4 is 21.6 Å². The summed E-state index contributed by atoms with van der Waals surface area (Å²) in [7, 11) is -1.24. The van der Waals surface area contributed by atoms with Crippen molar-refractivity contribution in [3.63, 3.8) is 0 Å². The first-order chi connectivity index (χ1) is 10.9. The van der Waals surface area contributed by atoms with Crippen molar-refractivity contribution in [1.82, 2.24) is 9.62 Å². The lowest BCUT2D eigenvalue weighted by Crippen LogP contribution is -2.46. The molecule has 0 radical (unpaired) electrons. The van der Waals surface area contributed by atoms with E-state index in [9.17, 15) is 13.2 Å². The highest BCUT2D eigenvalue weighted by Gasteiger charge is 2.29. The molecule has 1 aliphatic heterocycles. The van der Waals surface area contributed by atoms with Gasteiger partial charge in [-0.3, -0.25) is 4.79 Å². The number of likely N-dealkylation sites (N-methyl/N-ethyl adjacent to an activating group) is 1. The molecule has 0 bridgehead atoms.